The van der Waals surface area contributed by atoms with E-state index in [1.165, 1.54) is 18.2 Å². The Bertz CT molecular complexity index is 376. The summed E-state index contributed by atoms with van der Waals surface area (Å²) < 4.78 is 0. The normalized spacial score (nSPS) is 19.8. The van der Waals surface area contributed by atoms with Crippen LogP contribution in [0.15, 0.2) is 6.33 Å². The van der Waals surface area contributed by atoms with Gasteiger partial charge in [0, 0.05) is 13.3 Å². The molecule has 0 fully saturated rings. The van der Waals surface area contributed by atoms with Crippen LogP contribution in [0.1, 0.15) is 18.3 Å². The van der Waals surface area contributed by atoms with Crippen molar-refractivity contribution in [1.82, 2.24) is 14.9 Å². The van der Waals surface area contributed by atoms with Gasteiger partial charge in [-0.05, 0) is 0 Å². The van der Waals surface area contributed by atoms with E-state index in [-0.39, 0.29) is 12.3 Å². The fourth-order valence-corrected chi connectivity index (χ4v) is 1.79. The minimum Gasteiger partial charge on any atom is -0.480 e. The van der Waals surface area contributed by atoms with Gasteiger partial charge in [-0.3, -0.25) is 4.79 Å². The molecule has 0 aliphatic carbocycles. The zero-order valence-corrected chi connectivity index (χ0v) is 8.23. The molecule has 15 heavy (non-hydrogen) atoms. The molecule has 0 saturated heterocycles. The third-order valence-electron chi connectivity index (χ3n) is 2.59. The van der Waals surface area contributed by atoms with E-state index in [2.05, 4.69) is 9.97 Å². The second-order valence-electron chi connectivity index (χ2n) is 3.53. The van der Waals surface area contributed by atoms with Crippen LogP contribution in [-0.2, 0) is 22.6 Å². The Hall–Kier alpha value is -1.85. The molecule has 1 aromatic heterocycles. The summed E-state index contributed by atoms with van der Waals surface area (Å²) in [7, 11) is 0. The minimum atomic E-state index is -0.987. The predicted octanol–water partition coefficient (Wildman–Crippen LogP) is -0.233. The number of amides is 1. The van der Waals surface area contributed by atoms with E-state index >= 15 is 0 Å². The number of nitrogens with zero attached hydrogens (tertiary/aromatic N) is 2. The van der Waals surface area contributed by atoms with Crippen molar-refractivity contribution in [3.05, 3.63) is 17.7 Å². The molecule has 0 saturated carbocycles. The number of aromatic nitrogens is 2. The van der Waals surface area contributed by atoms with Gasteiger partial charge < -0.3 is 15.0 Å². The quantitative estimate of drug-likeness (QED) is 0.668. The number of H-pyrrole nitrogens is 1. The highest BCUT2D eigenvalue weighted by Crippen LogP contribution is 2.20. The number of carboxylic acids is 1. The molecule has 1 aromatic rings. The average molecular weight is 209 g/mol. The maximum atomic E-state index is 11.3. The standard InChI is InChI=1S/C9H11N3O3/c1-5(13)12-3-7-6(10-4-11-7)2-8(12)9(14)15/h4,8H,2-3H2,1H3,(H,10,11)(H,14,15)/t8-/m1/s1. The summed E-state index contributed by atoms with van der Waals surface area (Å²) in [4.78, 5) is 30.5. The molecule has 1 aliphatic rings. The Morgan fingerprint density at radius 2 is 2.40 bits per heavy atom. The van der Waals surface area contributed by atoms with Gasteiger partial charge in [-0.15, -0.1) is 0 Å². The van der Waals surface area contributed by atoms with Crippen LogP contribution in [0.25, 0.3) is 0 Å². The lowest BCUT2D eigenvalue weighted by Crippen LogP contribution is -2.47. The fraction of sp³-hybridized carbons (Fsp3) is 0.444. The van der Waals surface area contributed by atoms with Crippen LogP contribution < -0.4 is 0 Å². The maximum Gasteiger partial charge on any atom is 0.326 e. The van der Waals surface area contributed by atoms with Gasteiger partial charge >= 0.3 is 5.97 Å². The van der Waals surface area contributed by atoms with Gasteiger partial charge in [0.1, 0.15) is 6.04 Å². The van der Waals surface area contributed by atoms with E-state index in [0.717, 1.165) is 11.4 Å². The molecule has 6 heteroatoms. The third-order valence-corrected chi connectivity index (χ3v) is 2.59. The number of carbonyl (C=O) groups is 2. The van der Waals surface area contributed by atoms with Crippen LogP contribution in [-0.4, -0.2) is 37.9 Å². The van der Waals surface area contributed by atoms with E-state index in [0.29, 0.717) is 6.54 Å². The second-order valence-corrected chi connectivity index (χ2v) is 3.53. The van der Waals surface area contributed by atoms with Gasteiger partial charge in [0.05, 0.1) is 24.3 Å². The van der Waals surface area contributed by atoms with Gasteiger partial charge in [-0.25, -0.2) is 9.78 Å². The highest BCUT2D eigenvalue weighted by Gasteiger charge is 2.34. The zero-order chi connectivity index (χ0) is 11.0. The second kappa shape index (κ2) is 3.38. The van der Waals surface area contributed by atoms with Crippen LogP contribution in [0, 0.1) is 0 Å². The minimum absolute atomic E-state index is 0.234. The molecule has 0 aromatic carbocycles. The van der Waals surface area contributed by atoms with E-state index in [1.807, 2.05) is 0 Å². The number of aliphatic carboxylic acids is 1. The summed E-state index contributed by atoms with van der Waals surface area (Å²) in [6.07, 6.45) is 1.79. The molecule has 80 valence electrons. The first-order valence-electron chi connectivity index (χ1n) is 4.60. The Morgan fingerprint density at radius 3 is 3.00 bits per heavy atom. The number of nitrogens with one attached hydrogen (secondary N) is 1. The molecular weight excluding hydrogens is 198 g/mol. The van der Waals surface area contributed by atoms with Gasteiger partial charge in [-0.1, -0.05) is 0 Å². The summed E-state index contributed by atoms with van der Waals surface area (Å²) in [5.74, 6) is -1.22. The van der Waals surface area contributed by atoms with Crippen LogP contribution in [0.2, 0.25) is 0 Å². The lowest BCUT2D eigenvalue weighted by Gasteiger charge is -2.31. The van der Waals surface area contributed by atoms with Crippen molar-refractivity contribution < 1.29 is 14.7 Å². The summed E-state index contributed by atoms with van der Waals surface area (Å²) in [5, 5.41) is 8.99. The van der Waals surface area contributed by atoms with Crippen molar-refractivity contribution in [2.24, 2.45) is 0 Å². The summed E-state index contributed by atoms with van der Waals surface area (Å²) >= 11 is 0. The van der Waals surface area contributed by atoms with Crippen LogP contribution in [0.3, 0.4) is 0 Å². The predicted molar refractivity (Wildman–Crippen MR) is 49.9 cm³/mol. The lowest BCUT2D eigenvalue weighted by atomic mass is 10.0. The van der Waals surface area contributed by atoms with E-state index in [1.54, 1.807) is 0 Å². The SMILES string of the molecule is CC(=O)N1Cc2[nH]cnc2C[C@@H]1C(=O)O. The molecule has 1 aliphatic heterocycles. The molecule has 0 radical (unpaired) electrons. The van der Waals surface area contributed by atoms with Crippen LogP contribution in [0.4, 0.5) is 0 Å². The van der Waals surface area contributed by atoms with Gasteiger partial charge in [0.25, 0.3) is 0 Å². The maximum absolute atomic E-state index is 11.3. The molecule has 0 unspecified atom stereocenters. The molecular formula is C9H11N3O3. The molecule has 1 atom stereocenters. The Kier molecular flexibility index (Phi) is 2.18. The molecule has 2 rings (SSSR count). The van der Waals surface area contributed by atoms with Crippen molar-refractivity contribution in [3.63, 3.8) is 0 Å². The van der Waals surface area contributed by atoms with Crippen molar-refractivity contribution in [2.75, 3.05) is 0 Å². The number of hydrogen-bond donors (Lipinski definition) is 2. The molecule has 2 heterocycles. The number of fused-ring (bicyclic) bond motifs is 1. The van der Waals surface area contributed by atoms with Crippen LogP contribution >= 0.6 is 0 Å². The highest BCUT2D eigenvalue weighted by atomic mass is 16.4. The summed E-state index contributed by atoms with van der Waals surface area (Å²) in [5.41, 5.74) is 1.56. The number of hydrogen-bond acceptors (Lipinski definition) is 3. The number of aromatic amines is 1. The largest absolute Gasteiger partial charge is 0.480 e. The van der Waals surface area contributed by atoms with Gasteiger partial charge in [0.2, 0.25) is 5.91 Å². The lowest BCUT2D eigenvalue weighted by molar-refractivity contribution is -0.150. The number of imidazole rings is 1. The molecule has 2 N–H and O–H groups in total. The number of rotatable bonds is 1. The van der Waals surface area contributed by atoms with Crippen molar-refractivity contribution in [3.8, 4) is 0 Å². The number of carboxylic acid groups (broad SMARTS) is 1. The number of carbonyl (C=O) groups excluding carboxylic acids is 1. The molecule has 1 amide bonds. The van der Waals surface area contributed by atoms with Crippen molar-refractivity contribution >= 4 is 11.9 Å². The van der Waals surface area contributed by atoms with E-state index in [4.69, 9.17) is 5.11 Å². The first kappa shape index (κ1) is 9.70. The first-order chi connectivity index (χ1) is 7.09. The first-order valence-corrected chi connectivity index (χ1v) is 4.60. The topological polar surface area (TPSA) is 86.3 Å². The van der Waals surface area contributed by atoms with E-state index in [9.17, 15) is 9.59 Å². The fourth-order valence-electron chi connectivity index (χ4n) is 1.79. The van der Waals surface area contributed by atoms with Gasteiger partial charge in [-0.2, -0.15) is 0 Å². The Balaban J connectivity index is 2.33. The van der Waals surface area contributed by atoms with Crippen LogP contribution in [0.5, 0.6) is 0 Å². The molecule has 6 nitrogen and oxygen atoms in total. The van der Waals surface area contributed by atoms with Crippen molar-refractivity contribution in [1.29, 1.82) is 0 Å². The Labute approximate surface area is 85.9 Å². The monoisotopic (exact) mass is 209 g/mol. The molecule has 0 bridgehead atoms. The summed E-state index contributed by atoms with van der Waals surface area (Å²) in [6.45, 7) is 1.67. The highest BCUT2D eigenvalue weighted by molar-refractivity contribution is 5.83. The smallest absolute Gasteiger partial charge is 0.326 e. The summed E-state index contributed by atoms with van der Waals surface area (Å²) in [6, 6.07) is -0.793. The Morgan fingerprint density at radius 1 is 1.67 bits per heavy atom. The van der Waals surface area contributed by atoms with E-state index < -0.39 is 12.0 Å². The average Bonchev–Trinajstić information content (AvgIpc) is 2.61. The van der Waals surface area contributed by atoms with Crippen molar-refractivity contribution in [2.45, 2.75) is 25.9 Å². The zero-order valence-electron chi connectivity index (χ0n) is 8.23. The molecule has 0 spiro atoms. The third kappa shape index (κ3) is 1.58. The van der Waals surface area contributed by atoms with Gasteiger partial charge in [0.15, 0.2) is 0 Å².